The highest BCUT2D eigenvalue weighted by atomic mass is 16.6. The van der Waals surface area contributed by atoms with E-state index in [9.17, 15) is 14.9 Å². The number of carbonyl (C=O) groups excluding carboxylic acids is 1. The molecule has 0 aromatic heterocycles. The summed E-state index contributed by atoms with van der Waals surface area (Å²) in [6, 6.07) is 12.7. The number of benzene rings is 2. The lowest BCUT2D eigenvalue weighted by atomic mass is 10.1. The molecule has 0 unspecified atom stereocenters. The number of urea groups is 1. The first-order chi connectivity index (χ1) is 11.1. The number of amides is 2. The smallest absolute Gasteiger partial charge is 0.319 e. The van der Waals surface area contributed by atoms with E-state index in [-0.39, 0.29) is 18.3 Å². The largest absolute Gasteiger partial charge is 0.392 e. The van der Waals surface area contributed by atoms with Crippen LogP contribution in [0.1, 0.15) is 11.1 Å². The SMILES string of the molecule is O=C(NCCc1ccc(CO)cc1)Nc1ccc([N+](=O)[O-])cc1. The predicted molar refractivity (Wildman–Crippen MR) is 86.2 cm³/mol. The number of anilines is 1. The maximum absolute atomic E-state index is 11.7. The Labute approximate surface area is 133 Å². The molecule has 0 bridgehead atoms. The van der Waals surface area contributed by atoms with Crippen LogP contribution in [0.25, 0.3) is 0 Å². The summed E-state index contributed by atoms with van der Waals surface area (Å²) in [5.74, 6) is 0. The average Bonchev–Trinajstić information content (AvgIpc) is 2.56. The van der Waals surface area contributed by atoms with Gasteiger partial charge in [-0.3, -0.25) is 10.1 Å². The van der Waals surface area contributed by atoms with Crippen LogP contribution in [0.2, 0.25) is 0 Å². The Morgan fingerprint density at radius 1 is 1.04 bits per heavy atom. The Morgan fingerprint density at radius 2 is 1.65 bits per heavy atom. The molecule has 7 nitrogen and oxygen atoms in total. The van der Waals surface area contributed by atoms with Crippen molar-refractivity contribution in [2.75, 3.05) is 11.9 Å². The minimum Gasteiger partial charge on any atom is -0.392 e. The molecule has 0 aliphatic heterocycles. The van der Waals surface area contributed by atoms with Crippen molar-refractivity contribution < 1.29 is 14.8 Å². The van der Waals surface area contributed by atoms with Gasteiger partial charge in [-0.2, -0.15) is 0 Å². The van der Waals surface area contributed by atoms with E-state index in [1.54, 1.807) is 0 Å². The maximum atomic E-state index is 11.7. The van der Waals surface area contributed by atoms with Crippen molar-refractivity contribution in [3.05, 3.63) is 69.8 Å². The molecule has 0 heterocycles. The second kappa shape index (κ2) is 7.90. The van der Waals surface area contributed by atoms with E-state index in [1.807, 2.05) is 24.3 Å². The number of rotatable bonds is 6. The van der Waals surface area contributed by atoms with Crippen molar-refractivity contribution in [2.45, 2.75) is 13.0 Å². The average molecular weight is 315 g/mol. The van der Waals surface area contributed by atoms with Crippen LogP contribution in [-0.4, -0.2) is 22.6 Å². The molecular formula is C16H17N3O4. The van der Waals surface area contributed by atoms with Gasteiger partial charge in [-0.05, 0) is 29.7 Å². The lowest BCUT2D eigenvalue weighted by molar-refractivity contribution is -0.384. The van der Waals surface area contributed by atoms with Gasteiger partial charge in [0.2, 0.25) is 0 Å². The summed E-state index contributed by atoms with van der Waals surface area (Å²) in [6.07, 6.45) is 0.666. The fraction of sp³-hybridized carbons (Fsp3) is 0.188. The molecule has 7 heteroatoms. The van der Waals surface area contributed by atoms with Gasteiger partial charge in [0.15, 0.2) is 0 Å². The number of nitrogens with one attached hydrogen (secondary N) is 2. The van der Waals surface area contributed by atoms with Crippen molar-refractivity contribution in [3.63, 3.8) is 0 Å². The molecule has 0 saturated carbocycles. The Balaban J connectivity index is 1.77. The van der Waals surface area contributed by atoms with Crippen molar-refractivity contribution >= 4 is 17.4 Å². The lowest BCUT2D eigenvalue weighted by Gasteiger charge is -2.08. The van der Waals surface area contributed by atoms with Crippen LogP contribution in [0.3, 0.4) is 0 Å². The van der Waals surface area contributed by atoms with E-state index in [2.05, 4.69) is 10.6 Å². The molecule has 23 heavy (non-hydrogen) atoms. The Morgan fingerprint density at radius 3 is 2.22 bits per heavy atom. The van der Waals surface area contributed by atoms with E-state index in [4.69, 9.17) is 5.11 Å². The number of non-ortho nitro benzene ring substituents is 1. The van der Waals surface area contributed by atoms with Gasteiger partial charge in [-0.1, -0.05) is 24.3 Å². The zero-order valence-electron chi connectivity index (χ0n) is 12.4. The van der Waals surface area contributed by atoms with Crippen molar-refractivity contribution in [1.82, 2.24) is 5.32 Å². The highest BCUT2D eigenvalue weighted by molar-refractivity contribution is 5.89. The monoisotopic (exact) mass is 315 g/mol. The standard InChI is InChI=1S/C16H17N3O4/c20-11-13-3-1-12(2-4-13)9-10-17-16(21)18-14-5-7-15(8-6-14)19(22)23/h1-8,20H,9-11H2,(H2,17,18,21). The van der Waals surface area contributed by atoms with Gasteiger partial charge in [-0.15, -0.1) is 0 Å². The zero-order chi connectivity index (χ0) is 16.7. The topological polar surface area (TPSA) is 104 Å². The third-order valence-corrected chi connectivity index (χ3v) is 3.24. The Bertz CT molecular complexity index is 669. The van der Waals surface area contributed by atoms with Crippen molar-refractivity contribution in [1.29, 1.82) is 0 Å². The van der Waals surface area contributed by atoms with Crippen molar-refractivity contribution in [3.8, 4) is 0 Å². The predicted octanol–water partition coefficient (Wildman–Crippen LogP) is 2.45. The Kier molecular flexibility index (Phi) is 5.65. The van der Waals surface area contributed by atoms with Crippen LogP contribution in [0.4, 0.5) is 16.2 Å². The number of nitro groups is 1. The maximum Gasteiger partial charge on any atom is 0.319 e. The minimum atomic E-state index is -0.494. The number of aliphatic hydroxyl groups is 1. The molecular weight excluding hydrogens is 298 g/mol. The molecule has 0 saturated heterocycles. The molecule has 0 fully saturated rings. The molecule has 2 amide bonds. The molecule has 2 aromatic carbocycles. The third kappa shape index (κ3) is 5.08. The number of hydrogen-bond acceptors (Lipinski definition) is 4. The van der Waals surface area contributed by atoms with Crippen LogP contribution in [0.15, 0.2) is 48.5 Å². The fourth-order valence-electron chi connectivity index (χ4n) is 1.97. The number of hydrogen-bond donors (Lipinski definition) is 3. The van der Waals surface area contributed by atoms with Gasteiger partial charge in [0.25, 0.3) is 5.69 Å². The quantitative estimate of drug-likeness (QED) is 0.562. The highest BCUT2D eigenvalue weighted by Crippen LogP contribution is 2.15. The first kappa shape index (κ1) is 16.4. The number of carbonyl (C=O) groups is 1. The second-order valence-corrected chi connectivity index (χ2v) is 4.91. The van der Waals surface area contributed by atoms with Gasteiger partial charge in [0.05, 0.1) is 11.5 Å². The first-order valence-electron chi connectivity index (χ1n) is 7.06. The summed E-state index contributed by atoms with van der Waals surface area (Å²) < 4.78 is 0. The van der Waals surface area contributed by atoms with Crippen LogP contribution < -0.4 is 10.6 Å². The van der Waals surface area contributed by atoms with Crippen molar-refractivity contribution in [2.24, 2.45) is 0 Å². The molecule has 120 valence electrons. The molecule has 0 aliphatic rings. The van der Waals surface area contributed by atoms with Gasteiger partial charge in [0, 0.05) is 24.4 Å². The molecule has 3 N–H and O–H groups in total. The highest BCUT2D eigenvalue weighted by Gasteiger charge is 2.06. The van der Waals surface area contributed by atoms with Gasteiger partial charge < -0.3 is 15.7 Å². The molecule has 2 rings (SSSR count). The number of nitro benzene ring substituents is 1. The molecule has 0 spiro atoms. The van der Waals surface area contributed by atoms with Crippen LogP contribution >= 0.6 is 0 Å². The Hall–Kier alpha value is -2.93. The third-order valence-electron chi connectivity index (χ3n) is 3.24. The molecule has 0 radical (unpaired) electrons. The van der Waals surface area contributed by atoms with Gasteiger partial charge in [0.1, 0.15) is 0 Å². The summed E-state index contributed by atoms with van der Waals surface area (Å²) in [5.41, 5.74) is 2.36. The summed E-state index contributed by atoms with van der Waals surface area (Å²) in [7, 11) is 0. The lowest BCUT2D eigenvalue weighted by Crippen LogP contribution is -2.30. The van der Waals surface area contributed by atoms with Crippen LogP contribution in [0.5, 0.6) is 0 Å². The number of aliphatic hydroxyl groups excluding tert-OH is 1. The van der Waals surface area contributed by atoms with Crippen LogP contribution in [-0.2, 0) is 13.0 Å². The number of nitrogens with zero attached hydrogens (tertiary/aromatic N) is 1. The summed E-state index contributed by atoms with van der Waals surface area (Å²) in [6.45, 7) is 0.466. The summed E-state index contributed by atoms with van der Waals surface area (Å²) >= 11 is 0. The minimum absolute atomic E-state index is 0.0101. The molecule has 2 aromatic rings. The molecule has 0 aliphatic carbocycles. The van der Waals surface area contributed by atoms with E-state index in [0.29, 0.717) is 18.7 Å². The van der Waals surface area contributed by atoms with Gasteiger partial charge >= 0.3 is 6.03 Å². The van der Waals surface area contributed by atoms with E-state index < -0.39 is 4.92 Å². The summed E-state index contributed by atoms with van der Waals surface area (Å²) in [4.78, 5) is 21.8. The summed E-state index contributed by atoms with van der Waals surface area (Å²) in [5, 5.41) is 24.8. The molecule has 0 atom stereocenters. The first-order valence-corrected chi connectivity index (χ1v) is 7.06. The van der Waals surface area contributed by atoms with Crippen LogP contribution in [0, 0.1) is 10.1 Å². The van der Waals surface area contributed by atoms with Gasteiger partial charge in [-0.25, -0.2) is 4.79 Å². The normalized spacial score (nSPS) is 10.1. The van der Waals surface area contributed by atoms with E-state index >= 15 is 0 Å². The van der Waals surface area contributed by atoms with E-state index in [1.165, 1.54) is 24.3 Å². The fourth-order valence-corrected chi connectivity index (χ4v) is 1.97. The zero-order valence-corrected chi connectivity index (χ0v) is 12.4. The van der Waals surface area contributed by atoms with E-state index in [0.717, 1.165) is 11.1 Å². The second-order valence-electron chi connectivity index (χ2n) is 4.91.